The number of carbonyl (C=O) groups is 1. The maximum Gasteiger partial charge on any atom is 0.318 e. The third-order valence-corrected chi connectivity index (χ3v) is 3.33. The maximum absolute atomic E-state index is 12.5. The second kappa shape index (κ2) is 5.43. The van der Waals surface area contributed by atoms with E-state index in [0.717, 1.165) is 6.07 Å². The fourth-order valence-corrected chi connectivity index (χ4v) is 2.21. The van der Waals surface area contributed by atoms with Crippen molar-refractivity contribution in [3.05, 3.63) is 68.0 Å². The minimum Gasteiger partial charge on any atom is -0.502 e. The Hall–Kier alpha value is -3.82. The Bertz CT molecular complexity index is 977. The van der Waals surface area contributed by atoms with E-state index in [1.165, 1.54) is 0 Å². The Morgan fingerprint density at radius 1 is 1.12 bits per heavy atom. The van der Waals surface area contributed by atoms with Crippen molar-refractivity contribution in [2.75, 3.05) is 0 Å². The number of hydrogen-bond donors (Lipinski definition) is 2. The highest BCUT2D eigenvalue weighted by atomic mass is 16.6. The number of imidazole rings is 1. The number of nitro benzene ring substituents is 2. The monoisotopic (exact) mass is 328 g/mol. The number of aromatic amines is 1. The summed E-state index contributed by atoms with van der Waals surface area (Å²) in [5.41, 5.74) is -1.17. The first-order chi connectivity index (χ1) is 11.4. The molecule has 0 aliphatic carbocycles. The number of fused-ring (bicyclic) bond motifs is 1. The number of phenolic OH excluding ortho intramolecular Hbond substituents is 1. The van der Waals surface area contributed by atoms with E-state index in [9.17, 15) is 30.1 Å². The van der Waals surface area contributed by atoms with E-state index in [4.69, 9.17) is 0 Å². The quantitative estimate of drug-likeness (QED) is 0.423. The first-order valence-electron chi connectivity index (χ1n) is 6.53. The number of phenols is 1. The smallest absolute Gasteiger partial charge is 0.318 e. The van der Waals surface area contributed by atoms with Crippen molar-refractivity contribution >= 4 is 28.2 Å². The lowest BCUT2D eigenvalue weighted by Gasteiger charge is -2.03. The Kier molecular flexibility index (Phi) is 3.41. The largest absolute Gasteiger partial charge is 0.502 e. The van der Waals surface area contributed by atoms with Crippen LogP contribution in [0.15, 0.2) is 36.4 Å². The van der Waals surface area contributed by atoms with Crippen LogP contribution >= 0.6 is 0 Å². The van der Waals surface area contributed by atoms with Crippen LogP contribution in [0.2, 0.25) is 0 Å². The van der Waals surface area contributed by atoms with Crippen molar-refractivity contribution in [3.63, 3.8) is 0 Å². The molecule has 2 N–H and O–H groups in total. The number of para-hydroxylation sites is 2. The molecular weight excluding hydrogens is 320 g/mol. The number of H-pyrrole nitrogens is 1. The normalized spacial score (nSPS) is 10.7. The van der Waals surface area contributed by atoms with Gasteiger partial charge in [-0.3, -0.25) is 25.0 Å². The Morgan fingerprint density at radius 3 is 2.46 bits per heavy atom. The van der Waals surface area contributed by atoms with E-state index < -0.39 is 38.3 Å². The Balaban J connectivity index is 2.18. The van der Waals surface area contributed by atoms with Gasteiger partial charge in [-0.25, -0.2) is 4.98 Å². The lowest BCUT2D eigenvalue weighted by Crippen LogP contribution is -2.06. The highest BCUT2D eigenvalue weighted by Gasteiger charge is 2.29. The number of non-ortho nitro benzene ring substituents is 1. The zero-order valence-electron chi connectivity index (χ0n) is 11.8. The van der Waals surface area contributed by atoms with Crippen molar-refractivity contribution in [2.24, 2.45) is 0 Å². The molecule has 1 heterocycles. The first kappa shape index (κ1) is 15.1. The number of rotatable bonds is 4. The van der Waals surface area contributed by atoms with Crippen LogP contribution in [0.1, 0.15) is 16.2 Å². The summed E-state index contributed by atoms with van der Waals surface area (Å²) in [6.07, 6.45) is 0. The number of benzene rings is 2. The molecule has 0 saturated carbocycles. The summed E-state index contributed by atoms with van der Waals surface area (Å²) in [6.45, 7) is 0. The van der Waals surface area contributed by atoms with E-state index in [1.54, 1.807) is 24.3 Å². The van der Waals surface area contributed by atoms with Gasteiger partial charge in [0, 0.05) is 6.07 Å². The molecule has 2 aromatic carbocycles. The molecule has 10 nitrogen and oxygen atoms in total. The summed E-state index contributed by atoms with van der Waals surface area (Å²) in [5.74, 6) is -2.03. The number of carbonyl (C=O) groups excluding carboxylic acids is 1. The number of hydrogen-bond acceptors (Lipinski definition) is 7. The average Bonchev–Trinajstić information content (AvgIpc) is 2.97. The second-order valence-electron chi connectivity index (χ2n) is 4.81. The number of nitro groups is 2. The molecule has 0 aliphatic rings. The first-order valence-corrected chi connectivity index (χ1v) is 6.53. The van der Waals surface area contributed by atoms with Crippen LogP contribution in [0.5, 0.6) is 5.75 Å². The van der Waals surface area contributed by atoms with Gasteiger partial charge in [0.1, 0.15) is 0 Å². The van der Waals surface area contributed by atoms with Crippen molar-refractivity contribution in [2.45, 2.75) is 0 Å². The molecule has 0 fully saturated rings. The Labute approximate surface area is 132 Å². The van der Waals surface area contributed by atoms with Crippen LogP contribution in [-0.2, 0) is 0 Å². The minimum atomic E-state index is -1.00. The van der Waals surface area contributed by atoms with Crippen LogP contribution in [0.3, 0.4) is 0 Å². The fraction of sp³-hybridized carbons (Fsp3) is 0. The van der Waals surface area contributed by atoms with Gasteiger partial charge in [-0.15, -0.1) is 0 Å². The predicted octanol–water partition coefficient (Wildman–Crippen LogP) is 2.32. The molecular formula is C14H8N4O6. The second-order valence-corrected chi connectivity index (χ2v) is 4.81. The van der Waals surface area contributed by atoms with Gasteiger partial charge in [0.25, 0.3) is 5.69 Å². The van der Waals surface area contributed by atoms with Crippen LogP contribution in [0, 0.1) is 20.2 Å². The highest BCUT2D eigenvalue weighted by molar-refractivity contribution is 6.10. The van der Waals surface area contributed by atoms with E-state index in [-0.39, 0.29) is 5.82 Å². The molecule has 0 bridgehead atoms. The van der Waals surface area contributed by atoms with Gasteiger partial charge in [0.15, 0.2) is 5.82 Å². The average molecular weight is 328 g/mol. The van der Waals surface area contributed by atoms with Crippen molar-refractivity contribution in [3.8, 4) is 5.75 Å². The molecule has 120 valence electrons. The predicted molar refractivity (Wildman–Crippen MR) is 80.9 cm³/mol. The lowest BCUT2D eigenvalue weighted by molar-refractivity contribution is -0.394. The van der Waals surface area contributed by atoms with Crippen molar-refractivity contribution in [1.82, 2.24) is 9.97 Å². The summed E-state index contributed by atoms with van der Waals surface area (Å²) < 4.78 is 0. The number of ketones is 1. The standard InChI is InChI=1S/C14H8N4O6/c19-12-8(5-7(17(21)22)6-11(12)18(23)24)13(20)14-15-9-3-1-2-4-10(9)16-14/h1-6,19H,(H,15,16). The number of aromatic nitrogens is 2. The molecule has 0 aliphatic heterocycles. The topological polar surface area (TPSA) is 152 Å². The third kappa shape index (κ3) is 2.41. The maximum atomic E-state index is 12.5. The summed E-state index contributed by atoms with van der Waals surface area (Å²) in [5, 5.41) is 31.8. The van der Waals surface area contributed by atoms with Crippen LogP contribution in [-0.4, -0.2) is 30.7 Å². The summed E-state index contributed by atoms with van der Waals surface area (Å²) in [4.78, 5) is 39.2. The molecule has 0 atom stereocenters. The van der Waals surface area contributed by atoms with E-state index in [1.807, 2.05) is 0 Å². The molecule has 0 saturated heterocycles. The highest BCUT2D eigenvalue weighted by Crippen LogP contribution is 2.35. The SMILES string of the molecule is O=C(c1nc2ccccc2[nH]1)c1cc([N+](=O)[O-])cc([N+](=O)[O-])c1O. The summed E-state index contributed by atoms with van der Waals surface area (Å²) in [6, 6.07) is 8.08. The third-order valence-electron chi connectivity index (χ3n) is 3.33. The molecule has 10 heteroatoms. The molecule has 1 aromatic heterocycles. The van der Waals surface area contributed by atoms with Gasteiger partial charge in [-0.2, -0.15) is 0 Å². The lowest BCUT2D eigenvalue weighted by atomic mass is 10.1. The van der Waals surface area contributed by atoms with Gasteiger partial charge in [-0.05, 0) is 12.1 Å². The molecule has 0 amide bonds. The zero-order chi connectivity index (χ0) is 17.4. The van der Waals surface area contributed by atoms with Gasteiger partial charge in [0.05, 0.1) is 32.5 Å². The minimum absolute atomic E-state index is 0.193. The number of nitrogens with zero attached hydrogens (tertiary/aromatic N) is 3. The van der Waals surface area contributed by atoms with Crippen LogP contribution < -0.4 is 0 Å². The molecule has 0 spiro atoms. The van der Waals surface area contributed by atoms with Crippen molar-refractivity contribution < 1.29 is 19.7 Å². The van der Waals surface area contributed by atoms with Gasteiger partial charge in [-0.1, -0.05) is 12.1 Å². The summed E-state index contributed by atoms with van der Waals surface area (Å²) in [7, 11) is 0. The van der Waals surface area contributed by atoms with Gasteiger partial charge >= 0.3 is 5.69 Å². The molecule has 3 aromatic rings. The molecule has 0 unspecified atom stereocenters. The number of aromatic hydroxyl groups is 1. The summed E-state index contributed by atoms with van der Waals surface area (Å²) >= 11 is 0. The van der Waals surface area contributed by atoms with Gasteiger partial charge < -0.3 is 10.1 Å². The fourth-order valence-electron chi connectivity index (χ4n) is 2.21. The van der Waals surface area contributed by atoms with E-state index >= 15 is 0 Å². The number of nitrogens with one attached hydrogen (secondary N) is 1. The van der Waals surface area contributed by atoms with Crippen molar-refractivity contribution in [1.29, 1.82) is 0 Å². The molecule has 0 radical (unpaired) electrons. The zero-order valence-corrected chi connectivity index (χ0v) is 11.8. The van der Waals surface area contributed by atoms with Crippen LogP contribution in [0.4, 0.5) is 11.4 Å². The van der Waals surface area contributed by atoms with Crippen LogP contribution in [0.25, 0.3) is 11.0 Å². The molecule has 3 rings (SSSR count). The molecule has 24 heavy (non-hydrogen) atoms. The van der Waals surface area contributed by atoms with E-state index in [2.05, 4.69) is 9.97 Å². The van der Waals surface area contributed by atoms with E-state index in [0.29, 0.717) is 17.1 Å². The Morgan fingerprint density at radius 2 is 1.83 bits per heavy atom. The van der Waals surface area contributed by atoms with Gasteiger partial charge in [0.2, 0.25) is 11.5 Å².